The van der Waals surface area contributed by atoms with E-state index >= 15 is 0 Å². The Morgan fingerprint density at radius 2 is 1.92 bits per heavy atom. The molecule has 0 spiro atoms. The second-order valence-electron chi connectivity index (χ2n) is 5.18. The van der Waals surface area contributed by atoms with E-state index in [1.54, 1.807) is 18.2 Å². The van der Waals surface area contributed by atoms with Crippen molar-refractivity contribution in [3.63, 3.8) is 0 Å². The summed E-state index contributed by atoms with van der Waals surface area (Å²) in [6.45, 7) is 1.54. The molecule has 0 bridgehead atoms. The lowest BCUT2D eigenvalue weighted by atomic mass is 10.1. The quantitative estimate of drug-likeness (QED) is 0.635. The van der Waals surface area contributed by atoms with Gasteiger partial charge in [-0.25, -0.2) is 0 Å². The summed E-state index contributed by atoms with van der Waals surface area (Å²) >= 11 is 3.38. The number of anilines is 1. The number of fused-ring (bicyclic) bond motifs is 1. The van der Waals surface area contributed by atoms with Gasteiger partial charge in [-0.15, -0.1) is 0 Å². The molecule has 1 aliphatic heterocycles. The Balaban J connectivity index is 1.80. The SMILES string of the molecule is CC(=O)c1cc2c(cc1NC(=O)/C=C/c1cccc(Br)c1)OCO2. The van der Waals surface area contributed by atoms with Crippen molar-refractivity contribution >= 4 is 39.4 Å². The van der Waals surface area contributed by atoms with Gasteiger partial charge in [0.15, 0.2) is 17.3 Å². The number of ketones is 1. The van der Waals surface area contributed by atoms with E-state index in [9.17, 15) is 9.59 Å². The third-order valence-electron chi connectivity index (χ3n) is 3.43. The van der Waals surface area contributed by atoms with Gasteiger partial charge in [0, 0.05) is 22.2 Å². The third-order valence-corrected chi connectivity index (χ3v) is 3.92. The average molecular weight is 388 g/mol. The molecule has 2 aromatic rings. The first kappa shape index (κ1) is 16.3. The fraction of sp³-hybridized carbons (Fsp3) is 0.111. The minimum atomic E-state index is -0.337. The summed E-state index contributed by atoms with van der Waals surface area (Å²) in [4.78, 5) is 23.9. The molecule has 1 N–H and O–H groups in total. The van der Waals surface area contributed by atoms with Crippen molar-refractivity contribution in [2.75, 3.05) is 12.1 Å². The molecule has 0 aliphatic carbocycles. The highest BCUT2D eigenvalue weighted by Crippen LogP contribution is 2.37. The predicted octanol–water partition coefficient (Wildman–Crippen LogP) is 4.03. The molecule has 1 heterocycles. The second kappa shape index (κ2) is 6.88. The fourth-order valence-corrected chi connectivity index (χ4v) is 2.71. The van der Waals surface area contributed by atoms with Gasteiger partial charge in [-0.1, -0.05) is 28.1 Å². The lowest BCUT2D eigenvalue weighted by molar-refractivity contribution is -0.111. The van der Waals surface area contributed by atoms with Crippen LogP contribution in [0.25, 0.3) is 6.08 Å². The van der Waals surface area contributed by atoms with Crippen LogP contribution in [-0.4, -0.2) is 18.5 Å². The van der Waals surface area contributed by atoms with Crippen LogP contribution in [0, 0.1) is 0 Å². The number of hydrogen-bond acceptors (Lipinski definition) is 4. The van der Waals surface area contributed by atoms with Crippen LogP contribution < -0.4 is 14.8 Å². The molecule has 6 heteroatoms. The Hall–Kier alpha value is -2.60. The Morgan fingerprint density at radius 1 is 1.17 bits per heavy atom. The Kier molecular flexibility index (Phi) is 4.66. The number of hydrogen-bond donors (Lipinski definition) is 1. The van der Waals surface area contributed by atoms with E-state index in [4.69, 9.17) is 9.47 Å². The molecule has 0 unspecified atom stereocenters. The van der Waals surface area contributed by atoms with Crippen LogP contribution in [0.1, 0.15) is 22.8 Å². The van der Waals surface area contributed by atoms with Crippen LogP contribution in [0.2, 0.25) is 0 Å². The summed E-state index contributed by atoms with van der Waals surface area (Å²) in [7, 11) is 0. The topological polar surface area (TPSA) is 64.6 Å². The molecule has 2 aromatic carbocycles. The molecule has 0 radical (unpaired) electrons. The molecule has 122 valence electrons. The Bertz CT molecular complexity index is 845. The number of halogens is 1. The van der Waals surface area contributed by atoms with Crippen molar-refractivity contribution in [3.8, 4) is 11.5 Å². The van der Waals surface area contributed by atoms with Gasteiger partial charge >= 0.3 is 0 Å². The molecular formula is C18H14BrNO4. The number of benzene rings is 2. The number of rotatable bonds is 4. The fourth-order valence-electron chi connectivity index (χ4n) is 2.29. The van der Waals surface area contributed by atoms with Crippen LogP contribution in [0.15, 0.2) is 46.9 Å². The summed E-state index contributed by atoms with van der Waals surface area (Å²) in [5.41, 5.74) is 1.66. The first-order valence-electron chi connectivity index (χ1n) is 7.22. The Morgan fingerprint density at radius 3 is 2.62 bits per heavy atom. The maximum atomic E-state index is 12.2. The van der Waals surface area contributed by atoms with Crippen molar-refractivity contribution in [1.82, 2.24) is 0 Å². The first-order valence-corrected chi connectivity index (χ1v) is 8.01. The molecule has 24 heavy (non-hydrogen) atoms. The van der Waals surface area contributed by atoms with Crippen molar-refractivity contribution in [3.05, 3.63) is 58.1 Å². The average Bonchev–Trinajstić information content (AvgIpc) is 2.99. The van der Waals surface area contributed by atoms with E-state index in [2.05, 4.69) is 21.2 Å². The summed E-state index contributed by atoms with van der Waals surface area (Å²) in [6, 6.07) is 10.8. The summed E-state index contributed by atoms with van der Waals surface area (Å²) < 4.78 is 11.5. The summed E-state index contributed by atoms with van der Waals surface area (Å²) in [6.07, 6.45) is 3.11. The molecule has 0 aromatic heterocycles. The first-order chi connectivity index (χ1) is 11.5. The van der Waals surface area contributed by atoms with E-state index in [0.29, 0.717) is 22.7 Å². The zero-order chi connectivity index (χ0) is 17.1. The van der Waals surface area contributed by atoms with Gasteiger partial charge < -0.3 is 14.8 Å². The van der Waals surface area contributed by atoms with E-state index in [1.165, 1.54) is 13.0 Å². The highest BCUT2D eigenvalue weighted by molar-refractivity contribution is 9.10. The summed E-state index contributed by atoms with van der Waals surface area (Å²) in [5.74, 6) is 0.505. The van der Waals surface area contributed by atoms with Crippen molar-refractivity contribution < 1.29 is 19.1 Å². The molecule has 0 atom stereocenters. The monoisotopic (exact) mass is 387 g/mol. The van der Waals surface area contributed by atoms with E-state index in [-0.39, 0.29) is 18.5 Å². The van der Waals surface area contributed by atoms with E-state index in [0.717, 1.165) is 10.0 Å². The number of amides is 1. The van der Waals surface area contributed by atoms with E-state index in [1.807, 2.05) is 24.3 Å². The van der Waals surface area contributed by atoms with Crippen LogP contribution in [0.3, 0.4) is 0 Å². The highest BCUT2D eigenvalue weighted by Gasteiger charge is 2.19. The molecule has 0 fully saturated rings. The summed E-state index contributed by atoms with van der Waals surface area (Å²) in [5, 5.41) is 2.71. The maximum Gasteiger partial charge on any atom is 0.248 e. The van der Waals surface area contributed by atoms with Gasteiger partial charge in [-0.05, 0) is 36.8 Å². The highest BCUT2D eigenvalue weighted by atomic mass is 79.9. The molecular weight excluding hydrogens is 374 g/mol. The van der Waals surface area contributed by atoms with E-state index < -0.39 is 0 Å². The number of carbonyl (C=O) groups excluding carboxylic acids is 2. The molecule has 1 aliphatic rings. The second-order valence-corrected chi connectivity index (χ2v) is 6.10. The van der Waals surface area contributed by atoms with Crippen LogP contribution in [-0.2, 0) is 4.79 Å². The lowest BCUT2D eigenvalue weighted by Crippen LogP contribution is -2.11. The maximum absolute atomic E-state index is 12.2. The molecule has 5 nitrogen and oxygen atoms in total. The Labute approximate surface area is 147 Å². The zero-order valence-corrected chi connectivity index (χ0v) is 14.4. The van der Waals surface area contributed by atoms with Crippen molar-refractivity contribution in [2.24, 2.45) is 0 Å². The molecule has 0 saturated carbocycles. The minimum absolute atomic E-state index is 0.104. The normalized spacial score (nSPS) is 12.4. The molecule has 0 saturated heterocycles. The van der Waals surface area contributed by atoms with Gasteiger partial charge in [0.1, 0.15) is 0 Å². The van der Waals surface area contributed by atoms with Crippen LogP contribution in [0.5, 0.6) is 11.5 Å². The van der Waals surface area contributed by atoms with Crippen molar-refractivity contribution in [1.29, 1.82) is 0 Å². The van der Waals surface area contributed by atoms with Crippen molar-refractivity contribution in [2.45, 2.75) is 6.92 Å². The van der Waals surface area contributed by atoms with Gasteiger partial charge in [0.05, 0.1) is 5.69 Å². The van der Waals surface area contributed by atoms with Gasteiger partial charge in [-0.3, -0.25) is 9.59 Å². The number of carbonyl (C=O) groups is 2. The minimum Gasteiger partial charge on any atom is -0.454 e. The molecule has 3 rings (SSSR count). The lowest BCUT2D eigenvalue weighted by Gasteiger charge is -2.09. The van der Waals surface area contributed by atoms with Crippen LogP contribution >= 0.6 is 15.9 Å². The number of ether oxygens (including phenoxy) is 2. The standard InChI is InChI=1S/C18H14BrNO4/c1-11(21)14-8-16-17(24-10-23-16)9-15(14)20-18(22)6-5-12-3-2-4-13(19)7-12/h2-9H,10H2,1H3,(H,20,22)/b6-5+. The smallest absolute Gasteiger partial charge is 0.248 e. The van der Waals surface area contributed by atoms with Gasteiger partial charge in [-0.2, -0.15) is 0 Å². The predicted molar refractivity (Wildman–Crippen MR) is 94.4 cm³/mol. The van der Waals surface area contributed by atoms with Crippen LogP contribution in [0.4, 0.5) is 5.69 Å². The third kappa shape index (κ3) is 3.65. The molecule has 1 amide bonds. The number of Topliss-reactive ketones (excluding diaryl/α,β-unsaturated/α-hetero) is 1. The van der Waals surface area contributed by atoms with Gasteiger partial charge in [0.2, 0.25) is 12.7 Å². The number of nitrogens with one attached hydrogen (secondary N) is 1. The zero-order valence-electron chi connectivity index (χ0n) is 12.8. The largest absolute Gasteiger partial charge is 0.454 e. The van der Waals surface area contributed by atoms with Gasteiger partial charge in [0.25, 0.3) is 0 Å².